The standard InChI is InChI=1S/C15H12Cl2O3/c1-10-8-11(6-7-12(10)16)20-15(18)9-19-14-5-3-2-4-13(14)17/h2-8H,9H2,1H3. The number of carbonyl (C=O) groups is 1. The molecule has 0 aliphatic rings. The Bertz CT molecular complexity index is 626. The van der Waals surface area contributed by atoms with Crippen molar-refractivity contribution < 1.29 is 14.3 Å². The lowest BCUT2D eigenvalue weighted by molar-refractivity contribution is -0.136. The van der Waals surface area contributed by atoms with Crippen molar-refractivity contribution in [1.29, 1.82) is 0 Å². The Morgan fingerprint density at radius 1 is 1.10 bits per heavy atom. The molecule has 0 aliphatic heterocycles. The van der Waals surface area contributed by atoms with Gasteiger partial charge in [-0.25, -0.2) is 4.79 Å². The van der Waals surface area contributed by atoms with Crippen LogP contribution in [0.1, 0.15) is 5.56 Å². The summed E-state index contributed by atoms with van der Waals surface area (Å²) in [6.45, 7) is 1.62. The monoisotopic (exact) mass is 310 g/mol. The van der Waals surface area contributed by atoms with Gasteiger partial charge in [-0.15, -0.1) is 0 Å². The summed E-state index contributed by atoms with van der Waals surface area (Å²) < 4.78 is 10.4. The highest BCUT2D eigenvalue weighted by Gasteiger charge is 2.08. The van der Waals surface area contributed by atoms with E-state index in [4.69, 9.17) is 32.7 Å². The van der Waals surface area contributed by atoms with Crippen molar-refractivity contribution in [3.05, 3.63) is 58.1 Å². The van der Waals surface area contributed by atoms with Crippen molar-refractivity contribution in [2.24, 2.45) is 0 Å². The third kappa shape index (κ3) is 3.89. The van der Waals surface area contributed by atoms with E-state index in [-0.39, 0.29) is 6.61 Å². The summed E-state index contributed by atoms with van der Waals surface area (Å²) in [5.74, 6) is 0.365. The Balaban J connectivity index is 1.93. The second kappa shape index (κ2) is 6.64. The minimum Gasteiger partial charge on any atom is -0.480 e. The van der Waals surface area contributed by atoms with Crippen LogP contribution in [0.25, 0.3) is 0 Å². The van der Waals surface area contributed by atoms with Crippen LogP contribution in [-0.2, 0) is 4.79 Å². The van der Waals surface area contributed by atoms with Gasteiger partial charge in [-0.05, 0) is 42.8 Å². The molecule has 5 heteroatoms. The Hall–Kier alpha value is -1.71. The van der Waals surface area contributed by atoms with Gasteiger partial charge in [0.1, 0.15) is 11.5 Å². The number of hydrogen-bond acceptors (Lipinski definition) is 3. The fourth-order valence-corrected chi connectivity index (χ4v) is 1.85. The second-order valence-corrected chi connectivity index (χ2v) is 4.92. The molecule has 3 nitrogen and oxygen atoms in total. The summed E-state index contributed by atoms with van der Waals surface area (Å²) in [5.41, 5.74) is 0.837. The van der Waals surface area contributed by atoms with Crippen molar-refractivity contribution in [2.45, 2.75) is 6.92 Å². The fraction of sp³-hybridized carbons (Fsp3) is 0.133. The first-order valence-corrected chi connectivity index (χ1v) is 6.66. The van der Waals surface area contributed by atoms with Crippen LogP contribution < -0.4 is 9.47 Å². The summed E-state index contributed by atoms with van der Waals surface area (Å²) in [6, 6.07) is 11.9. The van der Waals surface area contributed by atoms with Crippen LogP contribution in [0.5, 0.6) is 11.5 Å². The SMILES string of the molecule is Cc1cc(OC(=O)COc2ccccc2Cl)ccc1Cl. The van der Waals surface area contributed by atoms with Crippen LogP contribution in [0.15, 0.2) is 42.5 Å². The zero-order chi connectivity index (χ0) is 14.5. The van der Waals surface area contributed by atoms with E-state index in [0.717, 1.165) is 5.56 Å². The average Bonchev–Trinajstić information content (AvgIpc) is 2.42. The second-order valence-electron chi connectivity index (χ2n) is 4.10. The molecule has 2 rings (SSSR count). The molecule has 0 atom stereocenters. The van der Waals surface area contributed by atoms with Crippen molar-refractivity contribution in [3.8, 4) is 11.5 Å². The molecule has 0 fully saturated rings. The van der Waals surface area contributed by atoms with Crippen molar-refractivity contribution in [2.75, 3.05) is 6.61 Å². The predicted molar refractivity (Wildman–Crippen MR) is 78.8 cm³/mol. The summed E-state index contributed by atoms with van der Waals surface area (Å²) in [7, 11) is 0. The Kier molecular flexibility index (Phi) is 4.88. The highest BCUT2D eigenvalue weighted by atomic mass is 35.5. The molecule has 0 aromatic heterocycles. The highest BCUT2D eigenvalue weighted by molar-refractivity contribution is 6.32. The number of rotatable bonds is 4. The number of benzene rings is 2. The lowest BCUT2D eigenvalue weighted by Gasteiger charge is -2.08. The molecule has 0 heterocycles. The average molecular weight is 311 g/mol. The number of aryl methyl sites for hydroxylation is 1. The van der Waals surface area contributed by atoms with Crippen molar-refractivity contribution >= 4 is 29.2 Å². The van der Waals surface area contributed by atoms with E-state index in [9.17, 15) is 4.79 Å². The van der Waals surface area contributed by atoms with Gasteiger partial charge in [0.2, 0.25) is 0 Å². The number of hydrogen-bond donors (Lipinski definition) is 0. The first kappa shape index (κ1) is 14.7. The normalized spacial score (nSPS) is 10.2. The van der Waals surface area contributed by atoms with E-state index in [0.29, 0.717) is 21.5 Å². The number of carbonyl (C=O) groups excluding carboxylic acids is 1. The van der Waals surface area contributed by atoms with Crippen LogP contribution in [0.2, 0.25) is 10.0 Å². The van der Waals surface area contributed by atoms with Gasteiger partial charge in [0.05, 0.1) is 5.02 Å². The number of ether oxygens (including phenoxy) is 2. The Morgan fingerprint density at radius 2 is 1.85 bits per heavy atom. The maximum Gasteiger partial charge on any atom is 0.349 e. The van der Waals surface area contributed by atoms with E-state index in [1.54, 1.807) is 42.5 Å². The molecule has 0 saturated carbocycles. The molecule has 0 aliphatic carbocycles. The quantitative estimate of drug-likeness (QED) is 0.624. The maximum atomic E-state index is 11.7. The number of esters is 1. The van der Waals surface area contributed by atoms with E-state index >= 15 is 0 Å². The highest BCUT2D eigenvalue weighted by Crippen LogP contribution is 2.23. The van der Waals surface area contributed by atoms with Crippen LogP contribution in [0.3, 0.4) is 0 Å². The van der Waals surface area contributed by atoms with E-state index in [1.165, 1.54) is 0 Å². The van der Waals surface area contributed by atoms with E-state index < -0.39 is 5.97 Å². The van der Waals surface area contributed by atoms with Crippen molar-refractivity contribution in [1.82, 2.24) is 0 Å². The minimum atomic E-state index is -0.508. The first-order chi connectivity index (χ1) is 9.56. The molecule has 0 unspecified atom stereocenters. The van der Waals surface area contributed by atoms with Crippen LogP contribution in [-0.4, -0.2) is 12.6 Å². The third-order valence-corrected chi connectivity index (χ3v) is 3.28. The topological polar surface area (TPSA) is 35.5 Å². The zero-order valence-corrected chi connectivity index (χ0v) is 12.2. The number of para-hydroxylation sites is 1. The largest absolute Gasteiger partial charge is 0.480 e. The van der Waals surface area contributed by atoms with E-state index in [1.807, 2.05) is 6.92 Å². The Labute approximate surface area is 127 Å². The summed E-state index contributed by atoms with van der Waals surface area (Å²) >= 11 is 11.8. The molecule has 0 N–H and O–H groups in total. The lowest BCUT2D eigenvalue weighted by Crippen LogP contribution is -2.17. The van der Waals surface area contributed by atoms with Gasteiger partial charge in [0, 0.05) is 5.02 Å². The molecule has 0 bridgehead atoms. The van der Waals surface area contributed by atoms with Gasteiger partial charge in [-0.1, -0.05) is 35.3 Å². The molecule has 20 heavy (non-hydrogen) atoms. The van der Waals surface area contributed by atoms with Crippen LogP contribution in [0.4, 0.5) is 0 Å². The Morgan fingerprint density at radius 3 is 2.55 bits per heavy atom. The van der Waals surface area contributed by atoms with Crippen LogP contribution in [0, 0.1) is 6.92 Å². The van der Waals surface area contributed by atoms with Gasteiger partial charge in [-0.2, -0.15) is 0 Å². The molecule has 0 saturated heterocycles. The minimum absolute atomic E-state index is 0.217. The molecule has 104 valence electrons. The van der Waals surface area contributed by atoms with Gasteiger partial charge in [0.25, 0.3) is 0 Å². The predicted octanol–water partition coefficient (Wildman–Crippen LogP) is 4.29. The van der Waals surface area contributed by atoms with Gasteiger partial charge >= 0.3 is 5.97 Å². The third-order valence-electron chi connectivity index (χ3n) is 2.54. The van der Waals surface area contributed by atoms with Crippen molar-refractivity contribution in [3.63, 3.8) is 0 Å². The first-order valence-electron chi connectivity index (χ1n) is 5.90. The molecule has 2 aromatic rings. The van der Waals surface area contributed by atoms with Gasteiger partial charge in [-0.3, -0.25) is 0 Å². The summed E-state index contributed by atoms with van der Waals surface area (Å²) in [6.07, 6.45) is 0. The van der Waals surface area contributed by atoms with E-state index in [2.05, 4.69) is 0 Å². The molecule has 0 spiro atoms. The van der Waals surface area contributed by atoms with Crippen LogP contribution >= 0.6 is 23.2 Å². The van der Waals surface area contributed by atoms with Gasteiger partial charge < -0.3 is 9.47 Å². The number of halogens is 2. The lowest BCUT2D eigenvalue weighted by atomic mass is 10.2. The molecule has 0 radical (unpaired) electrons. The molecular weight excluding hydrogens is 299 g/mol. The smallest absolute Gasteiger partial charge is 0.349 e. The molecular formula is C15H12Cl2O3. The molecule has 2 aromatic carbocycles. The summed E-state index contributed by atoms with van der Waals surface area (Å²) in [5, 5.41) is 1.07. The molecule has 0 amide bonds. The summed E-state index contributed by atoms with van der Waals surface area (Å²) in [4.78, 5) is 11.7. The zero-order valence-electron chi connectivity index (χ0n) is 10.7. The maximum absolute atomic E-state index is 11.7. The van der Waals surface area contributed by atoms with Gasteiger partial charge in [0.15, 0.2) is 6.61 Å². The fourth-order valence-electron chi connectivity index (χ4n) is 1.54.